The molecule has 0 saturated carbocycles. The Hall–Kier alpha value is -3.08. The summed E-state index contributed by atoms with van der Waals surface area (Å²) in [6.07, 6.45) is 1.71. The van der Waals surface area contributed by atoms with Crippen molar-refractivity contribution in [3.05, 3.63) is 122 Å². The summed E-state index contributed by atoms with van der Waals surface area (Å²) in [7, 11) is 0. The van der Waals surface area contributed by atoms with Gasteiger partial charge in [0.15, 0.2) is 4.80 Å². The summed E-state index contributed by atoms with van der Waals surface area (Å²) in [5, 5.41) is 1.32. The second-order valence-electron chi connectivity index (χ2n) is 9.65. The Morgan fingerprint density at radius 3 is 2.45 bits per heavy atom. The number of aromatic nitrogens is 1. The number of thiazole rings is 1. The summed E-state index contributed by atoms with van der Waals surface area (Å²) in [6, 6.07) is 15.2. The van der Waals surface area contributed by atoms with E-state index in [1.807, 2.05) is 37.3 Å². The lowest BCUT2D eigenvalue weighted by Crippen LogP contribution is -2.39. The molecule has 0 aliphatic carbocycles. The maximum atomic E-state index is 14.1. The van der Waals surface area contributed by atoms with E-state index in [1.54, 1.807) is 44.2 Å². The first-order valence-corrected chi connectivity index (χ1v) is 16.3. The van der Waals surface area contributed by atoms with Crippen LogP contribution in [0.4, 0.5) is 0 Å². The molecule has 0 unspecified atom stereocenters. The Balaban J connectivity index is 1.62. The van der Waals surface area contributed by atoms with Gasteiger partial charge in [0.05, 0.1) is 49.6 Å². The van der Waals surface area contributed by atoms with E-state index < -0.39 is 12.0 Å². The second-order valence-corrected chi connectivity index (χ2v) is 12.8. The normalized spacial score (nSPS) is 14.7. The minimum absolute atomic E-state index is 0.185. The molecule has 0 saturated heterocycles. The van der Waals surface area contributed by atoms with Gasteiger partial charge >= 0.3 is 5.97 Å². The molecule has 44 heavy (non-hydrogen) atoms. The maximum Gasteiger partial charge on any atom is 0.338 e. The molecule has 0 radical (unpaired) electrons. The van der Waals surface area contributed by atoms with E-state index in [4.69, 9.17) is 49.0 Å². The van der Waals surface area contributed by atoms with E-state index in [0.717, 1.165) is 11.1 Å². The van der Waals surface area contributed by atoms with Crippen molar-refractivity contribution in [2.24, 2.45) is 4.99 Å². The van der Waals surface area contributed by atoms with Crippen LogP contribution in [0.15, 0.2) is 80.1 Å². The standard InChI is InChI=1S/C32H26BrCl3N2O5S/c1-4-41-22-9-7-19(8-10-22)28-27(31(40)42-5-2)17(3)37-32-38(28)30(39)26(44-32)14-20-13-21(34)15-23(33)29(20)43-16-18-6-11-24(35)25(36)12-18/h6-15,28H,4-5,16H2,1-3H3/b26-14-/t28-/m1/s1. The summed E-state index contributed by atoms with van der Waals surface area (Å²) >= 11 is 23.4. The lowest BCUT2D eigenvalue weighted by molar-refractivity contribution is -0.139. The highest BCUT2D eigenvalue weighted by Crippen LogP contribution is 2.35. The summed E-state index contributed by atoms with van der Waals surface area (Å²) in [5.41, 5.74) is 2.55. The number of nitrogens with zero attached hydrogens (tertiary/aromatic N) is 2. The number of esters is 1. The van der Waals surface area contributed by atoms with Crippen LogP contribution >= 0.6 is 62.1 Å². The van der Waals surface area contributed by atoms with Crippen LogP contribution in [0, 0.1) is 0 Å². The topological polar surface area (TPSA) is 79.1 Å². The molecule has 0 spiro atoms. The summed E-state index contributed by atoms with van der Waals surface area (Å²) < 4.78 is 19.7. The third-order valence-corrected chi connectivity index (χ3v) is 9.24. The summed E-state index contributed by atoms with van der Waals surface area (Å²) in [4.78, 5) is 32.4. The third kappa shape index (κ3) is 6.77. The van der Waals surface area contributed by atoms with Gasteiger partial charge in [0.25, 0.3) is 5.56 Å². The van der Waals surface area contributed by atoms with E-state index >= 15 is 0 Å². The number of ether oxygens (including phenoxy) is 3. The Bertz CT molecular complexity index is 1950. The predicted molar refractivity (Wildman–Crippen MR) is 178 cm³/mol. The zero-order valence-corrected chi connectivity index (χ0v) is 28.5. The fraction of sp³-hybridized carbons (Fsp3) is 0.219. The Morgan fingerprint density at radius 1 is 1.02 bits per heavy atom. The second kappa shape index (κ2) is 13.9. The zero-order chi connectivity index (χ0) is 31.5. The molecule has 1 aliphatic rings. The van der Waals surface area contributed by atoms with Gasteiger partial charge in [-0.2, -0.15) is 0 Å². The quantitative estimate of drug-likeness (QED) is 0.167. The number of rotatable bonds is 9. The zero-order valence-electron chi connectivity index (χ0n) is 23.8. The Labute approximate surface area is 281 Å². The van der Waals surface area contributed by atoms with Gasteiger partial charge in [0.2, 0.25) is 0 Å². The maximum absolute atomic E-state index is 14.1. The number of carbonyl (C=O) groups excluding carboxylic acids is 1. The molecule has 0 fully saturated rings. The van der Waals surface area contributed by atoms with E-state index in [-0.39, 0.29) is 18.8 Å². The fourth-order valence-corrected chi connectivity index (χ4v) is 7.09. The molecule has 228 valence electrons. The number of hydrogen-bond acceptors (Lipinski definition) is 7. The van der Waals surface area contributed by atoms with Crippen molar-refractivity contribution >= 4 is 74.1 Å². The van der Waals surface area contributed by atoms with Crippen molar-refractivity contribution in [1.29, 1.82) is 0 Å². The number of fused-ring (bicyclic) bond motifs is 1. The van der Waals surface area contributed by atoms with Crippen molar-refractivity contribution < 1.29 is 19.0 Å². The van der Waals surface area contributed by atoms with Gasteiger partial charge in [-0.15, -0.1) is 0 Å². The number of carbonyl (C=O) groups is 1. The lowest BCUT2D eigenvalue weighted by Gasteiger charge is -2.24. The van der Waals surface area contributed by atoms with Crippen LogP contribution in [0.3, 0.4) is 0 Å². The highest BCUT2D eigenvalue weighted by Gasteiger charge is 2.33. The van der Waals surface area contributed by atoms with E-state index in [1.165, 1.54) is 15.9 Å². The van der Waals surface area contributed by atoms with Crippen LogP contribution in [0.5, 0.6) is 11.5 Å². The van der Waals surface area contributed by atoms with Gasteiger partial charge < -0.3 is 14.2 Å². The van der Waals surface area contributed by atoms with Crippen molar-refractivity contribution in [3.8, 4) is 11.5 Å². The first-order chi connectivity index (χ1) is 21.1. The van der Waals surface area contributed by atoms with Gasteiger partial charge in [0.1, 0.15) is 18.1 Å². The van der Waals surface area contributed by atoms with Crippen molar-refractivity contribution in [2.75, 3.05) is 13.2 Å². The van der Waals surface area contributed by atoms with E-state index in [9.17, 15) is 9.59 Å². The lowest BCUT2D eigenvalue weighted by atomic mass is 9.96. The van der Waals surface area contributed by atoms with Crippen LogP contribution in [0.2, 0.25) is 15.1 Å². The average molecular weight is 737 g/mol. The average Bonchev–Trinajstić information content (AvgIpc) is 3.28. The largest absolute Gasteiger partial charge is 0.494 e. The Kier molecular flexibility index (Phi) is 10.2. The molecule has 3 aromatic carbocycles. The molecule has 1 atom stereocenters. The highest BCUT2D eigenvalue weighted by atomic mass is 79.9. The monoisotopic (exact) mass is 734 g/mol. The molecule has 0 N–H and O–H groups in total. The number of allylic oxidation sites excluding steroid dienone is 1. The van der Waals surface area contributed by atoms with Crippen LogP contribution < -0.4 is 24.4 Å². The SMILES string of the molecule is CCOC(=O)C1=C(C)N=c2s/c(=C\c3cc(Cl)cc(Br)c3OCc3ccc(Cl)c(Cl)c3)c(=O)n2[C@@H]1c1ccc(OCC)cc1. The molecular formula is C32H26BrCl3N2O5S. The van der Waals surface area contributed by atoms with Crippen molar-refractivity contribution in [1.82, 2.24) is 4.57 Å². The van der Waals surface area contributed by atoms with Gasteiger partial charge in [-0.25, -0.2) is 9.79 Å². The molecule has 7 nitrogen and oxygen atoms in total. The molecule has 2 heterocycles. The number of halogens is 4. The van der Waals surface area contributed by atoms with Crippen molar-refractivity contribution in [3.63, 3.8) is 0 Å². The molecule has 1 aliphatic heterocycles. The first kappa shape index (κ1) is 32.3. The molecule has 4 aromatic rings. The first-order valence-electron chi connectivity index (χ1n) is 13.6. The molecule has 0 amide bonds. The van der Waals surface area contributed by atoms with E-state index in [2.05, 4.69) is 20.9 Å². The van der Waals surface area contributed by atoms with Gasteiger partial charge in [-0.1, -0.05) is 64.3 Å². The Morgan fingerprint density at radius 2 is 1.77 bits per heavy atom. The fourth-order valence-electron chi connectivity index (χ4n) is 4.79. The van der Waals surface area contributed by atoms with Gasteiger partial charge in [-0.05, 0) is 90.3 Å². The number of hydrogen-bond donors (Lipinski definition) is 0. The van der Waals surface area contributed by atoms with Crippen LogP contribution in [-0.4, -0.2) is 23.8 Å². The molecule has 5 rings (SSSR count). The predicted octanol–water partition coefficient (Wildman–Crippen LogP) is 7.50. The molecular weight excluding hydrogens is 711 g/mol. The number of benzene rings is 3. The minimum Gasteiger partial charge on any atom is -0.494 e. The minimum atomic E-state index is -0.750. The smallest absolute Gasteiger partial charge is 0.338 e. The van der Waals surface area contributed by atoms with Crippen LogP contribution in [0.1, 0.15) is 43.5 Å². The van der Waals surface area contributed by atoms with Gasteiger partial charge in [-0.3, -0.25) is 9.36 Å². The third-order valence-electron chi connectivity index (χ3n) is 6.71. The molecule has 12 heteroatoms. The summed E-state index contributed by atoms with van der Waals surface area (Å²) in [5.74, 6) is 0.637. The van der Waals surface area contributed by atoms with E-state index in [0.29, 0.717) is 63.8 Å². The van der Waals surface area contributed by atoms with Crippen molar-refractivity contribution in [2.45, 2.75) is 33.4 Å². The van der Waals surface area contributed by atoms with Crippen LogP contribution in [-0.2, 0) is 16.1 Å². The molecule has 1 aromatic heterocycles. The van der Waals surface area contributed by atoms with Crippen LogP contribution in [0.25, 0.3) is 6.08 Å². The van der Waals surface area contributed by atoms with Gasteiger partial charge in [0, 0.05) is 10.6 Å². The molecule has 0 bridgehead atoms. The summed E-state index contributed by atoms with van der Waals surface area (Å²) in [6.45, 7) is 6.27. The highest BCUT2D eigenvalue weighted by molar-refractivity contribution is 9.10.